The number of methoxy groups -OCH3 is 1. The first-order valence-electron chi connectivity index (χ1n) is 7.31. The molecule has 0 aromatic heterocycles. The zero-order chi connectivity index (χ0) is 15.8. The molecule has 21 heavy (non-hydrogen) atoms. The lowest BCUT2D eigenvalue weighted by molar-refractivity contribution is -0.142. The minimum Gasteiger partial charge on any atom is -0.382 e. The average Bonchev–Trinajstić information content (AvgIpc) is 2.44. The molecule has 1 aromatic rings. The number of benzene rings is 1. The lowest BCUT2D eigenvalue weighted by Crippen LogP contribution is -2.50. The van der Waals surface area contributed by atoms with Crippen LogP contribution in [0.4, 0.5) is 0 Å². The fourth-order valence-electron chi connectivity index (χ4n) is 2.51. The minimum atomic E-state index is -0.504. The van der Waals surface area contributed by atoms with Crippen LogP contribution in [0.2, 0.25) is 0 Å². The molecule has 0 saturated heterocycles. The summed E-state index contributed by atoms with van der Waals surface area (Å²) in [6.45, 7) is 5.56. The normalized spacial score (nSPS) is 12.2. The molecule has 0 N–H and O–H groups in total. The second-order valence-corrected chi connectivity index (χ2v) is 5.44. The molecule has 0 aliphatic rings. The fraction of sp³-hybridized carbons (Fsp3) is 0.529. The van der Waals surface area contributed by atoms with E-state index in [1.54, 1.807) is 12.0 Å². The predicted molar refractivity (Wildman–Crippen MR) is 83.1 cm³/mol. The van der Waals surface area contributed by atoms with Gasteiger partial charge in [0.25, 0.3) is 0 Å². The lowest BCUT2D eigenvalue weighted by Gasteiger charge is -2.33. The largest absolute Gasteiger partial charge is 0.382 e. The van der Waals surface area contributed by atoms with Gasteiger partial charge in [-0.3, -0.25) is 9.59 Å². The summed E-state index contributed by atoms with van der Waals surface area (Å²) in [5, 5.41) is 0. The van der Waals surface area contributed by atoms with E-state index in [9.17, 15) is 9.59 Å². The van der Waals surface area contributed by atoms with Gasteiger partial charge >= 0.3 is 0 Å². The van der Waals surface area contributed by atoms with Crippen molar-refractivity contribution in [1.82, 2.24) is 4.90 Å². The number of hydrogen-bond donors (Lipinski definition) is 0. The van der Waals surface area contributed by atoms with Crippen LogP contribution in [0.25, 0.3) is 0 Å². The molecule has 1 aromatic carbocycles. The molecule has 0 saturated carbocycles. The molecule has 4 nitrogen and oxygen atoms in total. The van der Waals surface area contributed by atoms with E-state index in [4.69, 9.17) is 4.74 Å². The molecule has 1 rings (SSSR count). The van der Waals surface area contributed by atoms with Crippen molar-refractivity contribution in [2.75, 3.05) is 13.7 Å². The summed E-state index contributed by atoms with van der Waals surface area (Å²) in [5.41, 5.74) is 1.13. The summed E-state index contributed by atoms with van der Waals surface area (Å²) in [6, 6.07) is 9.35. The van der Waals surface area contributed by atoms with E-state index in [1.807, 2.05) is 44.2 Å². The van der Waals surface area contributed by atoms with Crippen molar-refractivity contribution in [2.45, 2.75) is 45.7 Å². The second kappa shape index (κ2) is 8.57. The van der Waals surface area contributed by atoms with Crippen LogP contribution in [-0.4, -0.2) is 42.4 Å². The number of amides is 1. The van der Waals surface area contributed by atoms with E-state index >= 15 is 0 Å². The summed E-state index contributed by atoms with van der Waals surface area (Å²) in [5.74, 6) is -0.0512. The van der Waals surface area contributed by atoms with Crippen LogP contribution in [0, 0.1) is 0 Å². The van der Waals surface area contributed by atoms with Gasteiger partial charge in [-0.15, -0.1) is 0 Å². The first kappa shape index (κ1) is 17.4. The third-order valence-electron chi connectivity index (χ3n) is 3.45. The van der Waals surface area contributed by atoms with Gasteiger partial charge in [-0.2, -0.15) is 0 Å². The third kappa shape index (κ3) is 5.31. The molecule has 0 aliphatic carbocycles. The molecule has 0 aliphatic heterocycles. The smallest absolute Gasteiger partial charge is 0.220 e. The van der Waals surface area contributed by atoms with Crippen LogP contribution in [0.3, 0.4) is 0 Å². The van der Waals surface area contributed by atoms with E-state index in [-0.39, 0.29) is 24.3 Å². The third-order valence-corrected chi connectivity index (χ3v) is 3.45. The van der Waals surface area contributed by atoms with Crippen molar-refractivity contribution in [2.24, 2.45) is 0 Å². The Hall–Kier alpha value is -1.68. The monoisotopic (exact) mass is 291 g/mol. The number of nitrogens with zero attached hydrogens (tertiary/aromatic N) is 1. The Morgan fingerprint density at radius 1 is 1.19 bits per heavy atom. The lowest BCUT2D eigenvalue weighted by atomic mass is 10.0. The molecule has 116 valence electrons. The van der Waals surface area contributed by atoms with Crippen LogP contribution in [0.1, 0.15) is 32.8 Å². The molecule has 1 atom stereocenters. The summed E-state index contributed by atoms with van der Waals surface area (Å²) < 4.78 is 5.14. The summed E-state index contributed by atoms with van der Waals surface area (Å²) >= 11 is 0. The Morgan fingerprint density at radius 3 is 2.29 bits per heavy atom. The van der Waals surface area contributed by atoms with E-state index in [1.165, 1.54) is 6.92 Å². The van der Waals surface area contributed by atoms with Gasteiger partial charge in [-0.25, -0.2) is 0 Å². The molecule has 1 amide bonds. The highest BCUT2D eigenvalue weighted by Gasteiger charge is 2.29. The van der Waals surface area contributed by atoms with Gasteiger partial charge in [0.05, 0.1) is 6.61 Å². The first-order chi connectivity index (χ1) is 9.97. The molecule has 0 heterocycles. The van der Waals surface area contributed by atoms with Crippen LogP contribution < -0.4 is 0 Å². The number of hydrogen-bond acceptors (Lipinski definition) is 3. The number of aryl methyl sites for hydroxylation is 1. The number of ketones is 1. The number of Topliss-reactive ketones (excluding diaryl/α,β-unsaturated/α-hetero) is 1. The Balaban J connectivity index is 2.74. The maximum absolute atomic E-state index is 12.5. The fourth-order valence-corrected chi connectivity index (χ4v) is 2.51. The van der Waals surface area contributed by atoms with Crippen molar-refractivity contribution >= 4 is 11.7 Å². The Morgan fingerprint density at radius 2 is 1.81 bits per heavy atom. The quantitative estimate of drug-likeness (QED) is 0.739. The van der Waals surface area contributed by atoms with Gasteiger partial charge in [0.1, 0.15) is 6.04 Å². The summed E-state index contributed by atoms with van der Waals surface area (Å²) in [4.78, 5) is 25.9. The number of ether oxygens (including phenoxy) is 1. The molecule has 0 spiro atoms. The van der Waals surface area contributed by atoms with Crippen molar-refractivity contribution in [3.63, 3.8) is 0 Å². The SMILES string of the molecule is COC[C@H](C(=O)CCc1ccccc1)N(C(C)=O)C(C)C. The molecule has 0 radical (unpaired) electrons. The van der Waals surface area contributed by atoms with Crippen molar-refractivity contribution in [3.8, 4) is 0 Å². The standard InChI is InChI=1S/C17H25NO3/c1-13(2)18(14(3)19)16(12-21-4)17(20)11-10-15-8-6-5-7-9-15/h5-9,13,16H,10-12H2,1-4H3/t16-/m1/s1. The Bertz CT molecular complexity index is 456. The van der Waals surface area contributed by atoms with E-state index in [0.717, 1.165) is 5.56 Å². The molecule has 4 heteroatoms. The number of rotatable bonds is 8. The van der Waals surface area contributed by atoms with Gasteiger partial charge in [-0.1, -0.05) is 30.3 Å². The second-order valence-electron chi connectivity index (χ2n) is 5.44. The zero-order valence-corrected chi connectivity index (χ0v) is 13.3. The number of carbonyl (C=O) groups excluding carboxylic acids is 2. The van der Waals surface area contributed by atoms with Crippen molar-refractivity contribution in [1.29, 1.82) is 0 Å². The van der Waals surface area contributed by atoms with E-state index in [0.29, 0.717) is 12.8 Å². The van der Waals surface area contributed by atoms with Crippen LogP contribution in [0.15, 0.2) is 30.3 Å². The van der Waals surface area contributed by atoms with Gasteiger partial charge < -0.3 is 9.64 Å². The van der Waals surface area contributed by atoms with E-state index < -0.39 is 6.04 Å². The molecular weight excluding hydrogens is 266 g/mol. The number of carbonyl (C=O) groups is 2. The Labute approximate surface area is 127 Å². The highest BCUT2D eigenvalue weighted by Crippen LogP contribution is 2.12. The van der Waals surface area contributed by atoms with E-state index in [2.05, 4.69) is 0 Å². The van der Waals surface area contributed by atoms with Gasteiger partial charge in [0.15, 0.2) is 5.78 Å². The molecule has 0 fully saturated rings. The van der Waals surface area contributed by atoms with Gasteiger partial charge in [-0.05, 0) is 25.8 Å². The summed E-state index contributed by atoms with van der Waals surface area (Å²) in [6.07, 6.45) is 1.10. The predicted octanol–water partition coefficient (Wildman–Crippen LogP) is 2.46. The summed E-state index contributed by atoms with van der Waals surface area (Å²) in [7, 11) is 1.55. The highest BCUT2D eigenvalue weighted by atomic mass is 16.5. The maximum atomic E-state index is 12.5. The van der Waals surface area contributed by atoms with Crippen molar-refractivity contribution in [3.05, 3.63) is 35.9 Å². The Kier molecular flexibility index (Phi) is 7.09. The van der Waals surface area contributed by atoms with Crippen molar-refractivity contribution < 1.29 is 14.3 Å². The highest BCUT2D eigenvalue weighted by molar-refractivity contribution is 5.88. The average molecular weight is 291 g/mol. The molecular formula is C17H25NO3. The first-order valence-corrected chi connectivity index (χ1v) is 7.31. The molecule has 0 unspecified atom stereocenters. The minimum absolute atomic E-state index is 0.0247. The van der Waals surface area contributed by atoms with Crippen LogP contribution >= 0.6 is 0 Å². The van der Waals surface area contributed by atoms with Crippen LogP contribution in [-0.2, 0) is 20.7 Å². The van der Waals surface area contributed by atoms with Crippen LogP contribution in [0.5, 0.6) is 0 Å². The van der Waals surface area contributed by atoms with Gasteiger partial charge in [0, 0.05) is 26.5 Å². The maximum Gasteiger partial charge on any atom is 0.220 e. The molecule has 0 bridgehead atoms. The van der Waals surface area contributed by atoms with Gasteiger partial charge in [0.2, 0.25) is 5.91 Å². The zero-order valence-electron chi connectivity index (χ0n) is 13.3. The topological polar surface area (TPSA) is 46.6 Å².